The maximum atomic E-state index is 10.7. The molecular formula is C16H22OS. The largest absolute Gasteiger partial charge is 0.392 e. The molecular weight excluding hydrogens is 240 g/mol. The van der Waals surface area contributed by atoms with E-state index in [9.17, 15) is 5.11 Å². The topological polar surface area (TPSA) is 20.2 Å². The summed E-state index contributed by atoms with van der Waals surface area (Å²) in [5.74, 6) is 2.74. The zero-order valence-electron chi connectivity index (χ0n) is 11.0. The number of aliphatic hydroxyl groups is 1. The lowest BCUT2D eigenvalue weighted by molar-refractivity contribution is 0.0551. The molecule has 0 spiro atoms. The average molecular weight is 262 g/mol. The third-order valence-electron chi connectivity index (χ3n) is 4.61. The molecule has 3 rings (SSSR count). The van der Waals surface area contributed by atoms with Crippen LogP contribution in [0.15, 0.2) is 29.2 Å². The molecule has 4 unspecified atom stereocenters. The minimum atomic E-state index is -0.135. The second kappa shape index (κ2) is 5.26. The molecule has 1 nitrogen and oxygen atoms in total. The van der Waals surface area contributed by atoms with Crippen molar-refractivity contribution in [1.29, 1.82) is 0 Å². The van der Waals surface area contributed by atoms with E-state index in [0.717, 1.165) is 11.7 Å². The van der Waals surface area contributed by atoms with Gasteiger partial charge in [-0.1, -0.05) is 38.0 Å². The van der Waals surface area contributed by atoms with Gasteiger partial charge in [0.1, 0.15) is 0 Å². The summed E-state index contributed by atoms with van der Waals surface area (Å²) in [5.41, 5.74) is 1.38. The van der Waals surface area contributed by atoms with Crippen molar-refractivity contribution in [2.24, 2.45) is 11.8 Å². The fraction of sp³-hybridized carbons (Fsp3) is 0.625. The zero-order valence-corrected chi connectivity index (χ0v) is 11.8. The Hall–Kier alpha value is -0.470. The van der Waals surface area contributed by atoms with Crippen molar-refractivity contribution >= 4 is 11.8 Å². The highest BCUT2D eigenvalue weighted by Gasteiger charge is 2.35. The van der Waals surface area contributed by atoms with Gasteiger partial charge in [0.25, 0.3) is 0 Å². The second-order valence-electron chi connectivity index (χ2n) is 5.98. The first kappa shape index (κ1) is 12.6. The van der Waals surface area contributed by atoms with E-state index in [4.69, 9.17) is 0 Å². The van der Waals surface area contributed by atoms with Crippen molar-refractivity contribution in [3.63, 3.8) is 0 Å². The van der Waals surface area contributed by atoms with Gasteiger partial charge in [0.05, 0.1) is 6.10 Å². The molecule has 2 aliphatic rings. The van der Waals surface area contributed by atoms with Crippen molar-refractivity contribution in [3.8, 4) is 0 Å². The first-order valence-corrected chi connectivity index (χ1v) is 8.14. The van der Waals surface area contributed by atoms with Gasteiger partial charge < -0.3 is 5.11 Å². The standard InChI is InChI=1S/C16H22OS/c1-11-5-4-6-12(9-11)16(17)14-10-18-15-8-3-2-7-13(14)15/h2-3,7-8,11-12,14,16-17H,4-6,9-10H2,1H3. The highest BCUT2D eigenvalue weighted by molar-refractivity contribution is 7.99. The maximum absolute atomic E-state index is 10.7. The Morgan fingerprint density at radius 2 is 2.11 bits per heavy atom. The number of benzene rings is 1. The number of fused-ring (bicyclic) bond motifs is 1. The van der Waals surface area contributed by atoms with Gasteiger partial charge in [0, 0.05) is 16.6 Å². The summed E-state index contributed by atoms with van der Waals surface area (Å²) in [6.45, 7) is 2.33. The normalized spacial score (nSPS) is 33.1. The Labute approximate surface area is 114 Å². The van der Waals surface area contributed by atoms with Crippen LogP contribution in [0.4, 0.5) is 0 Å². The SMILES string of the molecule is CC1CCCC(C(O)C2CSc3ccccc32)C1. The average Bonchev–Trinajstić information content (AvgIpc) is 2.82. The van der Waals surface area contributed by atoms with Crippen LogP contribution in [0.3, 0.4) is 0 Å². The highest BCUT2D eigenvalue weighted by Crippen LogP contribution is 2.45. The molecule has 1 aliphatic carbocycles. The molecule has 1 aromatic rings. The van der Waals surface area contributed by atoms with Gasteiger partial charge in [0.2, 0.25) is 0 Å². The number of aliphatic hydroxyl groups excluding tert-OH is 1. The van der Waals surface area contributed by atoms with Crippen molar-refractivity contribution in [1.82, 2.24) is 0 Å². The summed E-state index contributed by atoms with van der Waals surface area (Å²) < 4.78 is 0. The molecule has 98 valence electrons. The summed E-state index contributed by atoms with van der Waals surface area (Å²) >= 11 is 1.91. The van der Waals surface area contributed by atoms with Gasteiger partial charge in [-0.05, 0) is 36.3 Å². The Morgan fingerprint density at radius 3 is 2.94 bits per heavy atom. The minimum absolute atomic E-state index is 0.135. The third-order valence-corrected chi connectivity index (χ3v) is 5.82. The van der Waals surface area contributed by atoms with Crippen LogP contribution in [0, 0.1) is 11.8 Å². The molecule has 0 radical (unpaired) electrons. The molecule has 18 heavy (non-hydrogen) atoms. The van der Waals surface area contributed by atoms with E-state index in [2.05, 4.69) is 31.2 Å². The van der Waals surface area contributed by atoms with E-state index < -0.39 is 0 Å². The van der Waals surface area contributed by atoms with Crippen LogP contribution in [0.2, 0.25) is 0 Å². The fourth-order valence-corrected chi connectivity index (χ4v) is 4.89. The van der Waals surface area contributed by atoms with Crippen LogP contribution < -0.4 is 0 Å². The quantitative estimate of drug-likeness (QED) is 0.867. The fourth-order valence-electron chi connectivity index (χ4n) is 3.59. The van der Waals surface area contributed by atoms with Crippen LogP contribution in [0.1, 0.15) is 44.1 Å². The number of rotatable bonds is 2. The Balaban J connectivity index is 1.75. The molecule has 0 aromatic heterocycles. The van der Waals surface area contributed by atoms with E-state index in [1.807, 2.05) is 11.8 Å². The van der Waals surface area contributed by atoms with Crippen LogP contribution in [-0.4, -0.2) is 17.0 Å². The van der Waals surface area contributed by atoms with Gasteiger partial charge in [-0.15, -0.1) is 11.8 Å². The lowest BCUT2D eigenvalue weighted by atomic mass is 9.75. The molecule has 0 saturated heterocycles. The van der Waals surface area contributed by atoms with E-state index in [0.29, 0.717) is 11.8 Å². The first-order valence-electron chi connectivity index (χ1n) is 7.15. The summed E-state index contributed by atoms with van der Waals surface area (Å²) in [6.07, 6.45) is 4.94. The Bertz CT molecular complexity index is 417. The first-order chi connectivity index (χ1) is 8.75. The summed E-state index contributed by atoms with van der Waals surface area (Å²) in [7, 11) is 0. The lowest BCUT2D eigenvalue weighted by Gasteiger charge is -2.33. The lowest BCUT2D eigenvalue weighted by Crippen LogP contribution is -2.31. The smallest absolute Gasteiger partial charge is 0.0645 e. The van der Waals surface area contributed by atoms with Crippen LogP contribution in [0.25, 0.3) is 0 Å². The monoisotopic (exact) mass is 262 g/mol. The van der Waals surface area contributed by atoms with Crippen LogP contribution in [-0.2, 0) is 0 Å². The van der Waals surface area contributed by atoms with Crippen LogP contribution >= 0.6 is 11.8 Å². The highest BCUT2D eigenvalue weighted by atomic mass is 32.2. The van der Waals surface area contributed by atoms with Gasteiger partial charge in [-0.2, -0.15) is 0 Å². The van der Waals surface area contributed by atoms with Gasteiger partial charge >= 0.3 is 0 Å². The minimum Gasteiger partial charge on any atom is -0.392 e. The molecule has 1 aromatic carbocycles. The predicted molar refractivity (Wildman–Crippen MR) is 77.0 cm³/mol. The molecule has 2 heteroatoms. The summed E-state index contributed by atoms with van der Waals surface area (Å²) in [5, 5.41) is 10.7. The van der Waals surface area contributed by atoms with Crippen molar-refractivity contribution < 1.29 is 5.11 Å². The van der Waals surface area contributed by atoms with Crippen molar-refractivity contribution in [2.75, 3.05) is 5.75 Å². The van der Waals surface area contributed by atoms with Gasteiger partial charge in [0.15, 0.2) is 0 Å². The zero-order chi connectivity index (χ0) is 12.5. The van der Waals surface area contributed by atoms with E-state index >= 15 is 0 Å². The molecule has 4 atom stereocenters. The van der Waals surface area contributed by atoms with E-state index in [1.54, 1.807) is 0 Å². The van der Waals surface area contributed by atoms with Crippen molar-refractivity contribution in [2.45, 2.75) is 49.5 Å². The molecule has 1 N–H and O–H groups in total. The summed E-state index contributed by atoms with van der Waals surface area (Å²) in [6, 6.07) is 8.60. The van der Waals surface area contributed by atoms with E-state index in [-0.39, 0.29) is 6.10 Å². The Morgan fingerprint density at radius 1 is 1.28 bits per heavy atom. The molecule has 1 heterocycles. The predicted octanol–water partition coefficient (Wildman–Crippen LogP) is 4.06. The van der Waals surface area contributed by atoms with Crippen molar-refractivity contribution in [3.05, 3.63) is 29.8 Å². The Kier molecular flexibility index (Phi) is 3.67. The maximum Gasteiger partial charge on any atom is 0.0645 e. The number of hydrogen-bond acceptors (Lipinski definition) is 2. The molecule has 1 saturated carbocycles. The molecule has 1 aliphatic heterocycles. The molecule has 0 amide bonds. The van der Waals surface area contributed by atoms with Gasteiger partial charge in [-0.25, -0.2) is 0 Å². The summed E-state index contributed by atoms with van der Waals surface area (Å²) in [4.78, 5) is 1.38. The van der Waals surface area contributed by atoms with E-state index in [1.165, 1.54) is 36.1 Å². The second-order valence-corrected chi connectivity index (χ2v) is 7.04. The third kappa shape index (κ3) is 2.33. The van der Waals surface area contributed by atoms with Gasteiger partial charge in [-0.3, -0.25) is 0 Å². The number of hydrogen-bond donors (Lipinski definition) is 1. The van der Waals surface area contributed by atoms with Crippen LogP contribution in [0.5, 0.6) is 0 Å². The number of thioether (sulfide) groups is 1. The molecule has 0 bridgehead atoms. The molecule has 1 fully saturated rings.